The maximum atomic E-state index is 12.9. The van der Waals surface area contributed by atoms with Crippen LogP contribution in [0.15, 0.2) is 24.3 Å². The van der Waals surface area contributed by atoms with Gasteiger partial charge in [-0.15, -0.1) is 0 Å². The second kappa shape index (κ2) is 6.54. The molecule has 2 N–H and O–H groups in total. The summed E-state index contributed by atoms with van der Waals surface area (Å²) in [7, 11) is 1.81. The van der Waals surface area contributed by atoms with Crippen molar-refractivity contribution in [3.63, 3.8) is 0 Å². The van der Waals surface area contributed by atoms with Crippen LogP contribution in [0.25, 0.3) is 0 Å². The Bertz CT molecular complexity index is 539. The highest BCUT2D eigenvalue weighted by Crippen LogP contribution is 2.33. The van der Waals surface area contributed by atoms with Gasteiger partial charge in [-0.1, -0.05) is 42.0 Å². The Balaban J connectivity index is 2.15. The lowest BCUT2D eigenvalue weighted by Crippen LogP contribution is -2.52. The van der Waals surface area contributed by atoms with Crippen molar-refractivity contribution in [2.24, 2.45) is 11.1 Å². The van der Waals surface area contributed by atoms with Crippen molar-refractivity contribution in [2.75, 3.05) is 20.3 Å². The van der Waals surface area contributed by atoms with E-state index in [1.807, 2.05) is 25.1 Å². The zero-order chi connectivity index (χ0) is 15.5. The molecule has 0 radical (unpaired) electrons. The maximum Gasteiger partial charge on any atom is 0.235 e. The van der Waals surface area contributed by atoms with E-state index in [0.717, 1.165) is 5.56 Å². The molecule has 0 spiro atoms. The minimum Gasteiger partial charge on any atom is -0.392 e. The largest absolute Gasteiger partial charge is 0.392 e. The second-order valence-electron chi connectivity index (χ2n) is 5.71. The predicted octanol–water partition coefficient (Wildman–Crippen LogP) is 2.04. The molecule has 1 aliphatic rings. The maximum absolute atomic E-state index is 12.9. The molecule has 0 unspecified atom stereocenters. The summed E-state index contributed by atoms with van der Waals surface area (Å²) in [6.45, 7) is 3.66. The van der Waals surface area contributed by atoms with Gasteiger partial charge in [0.1, 0.15) is 5.41 Å². The lowest BCUT2D eigenvalue weighted by atomic mass is 9.78. The highest BCUT2D eigenvalue weighted by atomic mass is 32.1. The van der Waals surface area contributed by atoms with Crippen LogP contribution < -0.4 is 5.73 Å². The summed E-state index contributed by atoms with van der Waals surface area (Å²) < 4.78 is 5.35. The molecule has 0 atom stereocenters. The standard InChI is InChI=1S/C16H22N2O2S/c1-12-4-3-5-13(10-12)11-18(2)15(19)16(14(17)21)6-8-20-9-7-16/h3-5,10H,6-9,11H2,1-2H3,(H2,17,21). The minimum absolute atomic E-state index is 0.000180. The molecule has 1 amide bonds. The number of carbonyl (C=O) groups is 1. The van der Waals surface area contributed by atoms with Crippen LogP contribution in [0.2, 0.25) is 0 Å². The molecule has 0 aromatic heterocycles. The fraction of sp³-hybridized carbons (Fsp3) is 0.500. The molecule has 0 saturated carbocycles. The van der Waals surface area contributed by atoms with Crippen molar-refractivity contribution in [2.45, 2.75) is 26.3 Å². The number of amides is 1. The van der Waals surface area contributed by atoms with E-state index in [9.17, 15) is 4.79 Å². The molecule has 1 fully saturated rings. The van der Waals surface area contributed by atoms with Gasteiger partial charge in [0, 0.05) is 26.8 Å². The number of hydrogen-bond acceptors (Lipinski definition) is 3. The van der Waals surface area contributed by atoms with Crippen molar-refractivity contribution < 1.29 is 9.53 Å². The van der Waals surface area contributed by atoms with Gasteiger partial charge in [0.2, 0.25) is 5.91 Å². The number of benzene rings is 1. The molecule has 0 bridgehead atoms. The lowest BCUT2D eigenvalue weighted by molar-refractivity contribution is -0.141. The monoisotopic (exact) mass is 306 g/mol. The minimum atomic E-state index is -0.744. The van der Waals surface area contributed by atoms with E-state index in [2.05, 4.69) is 6.07 Å². The van der Waals surface area contributed by atoms with E-state index < -0.39 is 5.41 Å². The first-order valence-corrected chi connectivity index (χ1v) is 7.55. The number of nitrogens with zero attached hydrogens (tertiary/aromatic N) is 1. The zero-order valence-corrected chi connectivity index (χ0v) is 13.4. The molecule has 1 saturated heterocycles. The van der Waals surface area contributed by atoms with Crippen molar-refractivity contribution in [3.05, 3.63) is 35.4 Å². The second-order valence-corrected chi connectivity index (χ2v) is 6.15. The Kier molecular flexibility index (Phi) is 4.96. The molecule has 1 heterocycles. The van der Waals surface area contributed by atoms with Gasteiger partial charge in [-0.05, 0) is 25.3 Å². The number of thiocarbonyl (C=S) groups is 1. The number of nitrogens with two attached hydrogens (primary N) is 1. The Labute approximate surface area is 131 Å². The first-order chi connectivity index (χ1) is 9.95. The Hall–Kier alpha value is -1.46. The molecule has 5 heteroatoms. The van der Waals surface area contributed by atoms with Crippen LogP contribution in [-0.2, 0) is 16.1 Å². The summed E-state index contributed by atoms with van der Waals surface area (Å²) in [5.74, 6) is -0.000180. The van der Waals surface area contributed by atoms with E-state index in [4.69, 9.17) is 22.7 Å². The van der Waals surface area contributed by atoms with Crippen molar-refractivity contribution in [1.82, 2.24) is 4.90 Å². The number of ether oxygens (including phenoxy) is 1. The SMILES string of the molecule is Cc1cccc(CN(C)C(=O)C2(C(N)=S)CCOCC2)c1. The highest BCUT2D eigenvalue weighted by molar-refractivity contribution is 7.80. The van der Waals surface area contributed by atoms with Crippen LogP contribution >= 0.6 is 12.2 Å². The van der Waals surface area contributed by atoms with Crippen molar-refractivity contribution >= 4 is 23.1 Å². The third kappa shape index (κ3) is 3.41. The summed E-state index contributed by atoms with van der Waals surface area (Å²) in [6, 6.07) is 8.15. The number of aryl methyl sites for hydroxylation is 1. The molecule has 2 rings (SSSR count). The molecule has 1 aliphatic heterocycles. The zero-order valence-electron chi connectivity index (χ0n) is 12.6. The first-order valence-electron chi connectivity index (χ1n) is 7.14. The van der Waals surface area contributed by atoms with Crippen LogP contribution in [0, 0.1) is 12.3 Å². The quantitative estimate of drug-likeness (QED) is 0.865. The van der Waals surface area contributed by atoms with E-state index in [1.165, 1.54) is 5.56 Å². The number of rotatable bonds is 4. The summed E-state index contributed by atoms with van der Waals surface area (Å²) in [5, 5.41) is 0. The molecule has 1 aromatic carbocycles. The van der Waals surface area contributed by atoms with Crippen LogP contribution in [0.3, 0.4) is 0 Å². The molecule has 1 aromatic rings. The molecule has 4 nitrogen and oxygen atoms in total. The van der Waals surface area contributed by atoms with E-state index in [-0.39, 0.29) is 10.9 Å². The molecular weight excluding hydrogens is 284 g/mol. The van der Waals surface area contributed by atoms with Crippen LogP contribution in [-0.4, -0.2) is 36.1 Å². The fourth-order valence-corrected chi connectivity index (χ4v) is 3.10. The summed E-state index contributed by atoms with van der Waals surface area (Å²) in [4.78, 5) is 14.9. The first kappa shape index (κ1) is 15.9. The topological polar surface area (TPSA) is 55.6 Å². The summed E-state index contributed by atoms with van der Waals surface area (Å²) in [5.41, 5.74) is 7.43. The average Bonchev–Trinajstić information content (AvgIpc) is 2.47. The lowest BCUT2D eigenvalue weighted by Gasteiger charge is -2.37. The van der Waals surface area contributed by atoms with Gasteiger partial charge in [-0.25, -0.2) is 0 Å². The van der Waals surface area contributed by atoms with Gasteiger partial charge < -0.3 is 15.4 Å². The van der Waals surface area contributed by atoms with Crippen LogP contribution in [0.4, 0.5) is 0 Å². The predicted molar refractivity (Wildman–Crippen MR) is 86.9 cm³/mol. The van der Waals surface area contributed by atoms with E-state index >= 15 is 0 Å². The van der Waals surface area contributed by atoms with Crippen LogP contribution in [0.1, 0.15) is 24.0 Å². The smallest absolute Gasteiger partial charge is 0.235 e. The Morgan fingerprint density at radius 1 is 1.43 bits per heavy atom. The molecule has 0 aliphatic carbocycles. The van der Waals surface area contributed by atoms with E-state index in [0.29, 0.717) is 32.6 Å². The molecule has 21 heavy (non-hydrogen) atoms. The highest BCUT2D eigenvalue weighted by Gasteiger charge is 2.44. The number of carbonyl (C=O) groups excluding carboxylic acids is 1. The van der Waals surface area contributed by atoms with E-state index in [1.54, 1.807) is 11.9 Å². The van der Waals surface area contributed by atoms with Crippen LogP contribution in [0.5, 0.6) is 0 Å². The summed E-state index contributed by atoms with van der Waals surface area (Å²) in [6.07, 6.45) is 1.14. The fourth-order valence-electron chi connectivity index (χ4n) is 2.81. The molecule has 114 valence electrons. The third-order valence-electron chi connectivity index (χ3n) is 4.08. The van der Waals surface area contributed by atoms with Gasteiger partial charge in [0.05, 0.1) is 4.99 Å². The summed E-state index contributed by atoms with van der Waals surface area (Å²) >= 11 is 5.18. The van der Waals surface area contributed by atoms with Gasteiger partial charge in [0.25, 0.3) is 0 Å². The average molecular weight is 306 g/mol. The Morgan fingerprint density at radius 3 is 2.67 bits per heavy atom. The normalized spacial score (nSPS) is 17.2. The van der Waals surface area contributed by atoms with Crippen molar-refractivity contribution in [3.8, 4) is 0 Å². The van der Waals surface area contributed by atoms with Gasteiger partial charge >= 0.3 is 0 Å². The van der Waals surface area contributed by atoms with Gasteiger partial charge in [0.15, 0.2) is 0 Å². The van der Waals surface area contributed by atoms with Gasteiger partial charge in [-0.2, -0.15) is 0 Å². The number of hydrogen-bond donors (Lipinski definition) is 1. The van der Waals surface area contributed by atoms with Gasteiger partial charge in [-0.3, -0.25) is 4.79 Å². The van der Waals surface area contributed by atoms with Crippen molar-refractivity contribution in [1.29, 1.82) is 0 Å². The Morgan fingerprint density at radius 2 is 2.10 bits per heavy atom. The molecular formula is C16H22N2O2S. The third-order valence-corrected chi connectivity index (χ3v) is 4.47.